The summed E-state index contributed by atoms with van der Waals surface area (Å²) in [6.45, 7) is 9.11. The molecule has 0 amide bonds. The molecule has 4 heteroatoms. The third kappa shape index (κ3) is 11.2. The largest absolute Gasteiger partial charge is 0.353 e. The molecule has 0 radical (unpaired) electrons. The molecule has 26 heavy (non-hydrogen) atoms. The van der Waals surface area contributed by atoms with Gasteiger partial charge in [-0.15, -0.1) is 25.7 Å². The van der Waals surface area contributed by atoms with Crippen molar-refractivity contribution in [3.05, 3.63) is 0 Å². The van der Waals surface area contributed by atoms with Gasteiger partial charge in [0.15, 0.2) is 12.6 Å². The topological polar surface area (TPSA) is 36.9 Å². The van der Waals surface area contributed by atoms with Crippen LogP contribution in [0.2, 0.25) is 0 Å². The van der Waals surface area contributed by atoms with Crippen molar-refractivity contribution in [3.63, 3.8) is 0 Å². The third-order valence-electron chi connectivity index (χ3n) is 3.82. The van der Waals surface area contributed by atoms with Crippen molar-refractivity contribution in [3.8, 4) is 37.5 Å². The smallest absolute Gasteiger partial charge is 0.159 e. The zero-order chi connectivity index (χ0) is 20.1. The summed E-state index contributed by atoms with van der Waals surface area (Å²) in [6, 6.07) is 0. The molecule has 4 nitrogen and oxygen atoms in total. The predicted molar refractivity (Wildman–Crippen MR) is 105 cm³/mol. The molecule has 2 fully saturated rings. The second kappa shape index (κ2) is 12.8. The van der Waals surface area contributed by atoms with E-state index < -0.39 is 11.2 Å². The Morgan fingerprint density at radius 3 is 1.31 bits per heavy atom. The lowest BCUT2D eigenvalue weighted by molar-refractivity contribution is -0.199. The molecular weight excluding hydrogens is 328 g/mol. The van der Waals surface area contributed by atoms with E-state index in [1.54, 1.807) is 0 Å². The van der Waals surface area contributed by atoms with Crippen molar-refractivity contribution in [2.24, 2.45) is 0 Å². The quantitative estimate of drug-likeness (QED) is 0.705. The Labute approximate surface area is 160 Å². The number of ether oxygens (including phenoxy) is 4. The van der Waals surface area contributed by atoms with E-state index in [0.29, 0.717) is 0 Å². The van der Waals surface area contributed by atoms with Crippen molar-refractivity contribution in [1.82, 2.24) is 0 Å². The Balaban J connectivity index is 0.000000439. The van der Waals surface area contributed by atoms with E-state index in [1.807, 2.05) is 27.7 Å². The fourth-order valence-corrected chi connectivity index (χ4v) is 2.33. The minimum absolute atomic E-state index is 0.0928. The third-order valence-corrected chi connectivity index (χ3v) is 3.82. The molecule has 2 aliphatic heterocycles. The number of hydrogen-bond donors (Lipinski definition) is 0. The second-order valence-electron chi connectivity index (χ2n) is 7.14. The van der Waals surface area contributed by atoms with Gasteiger partial charge >= 0.3 is 0 Å². The van der Waals surface area contributed by atoms with Gasteiger partial charge < -0.3 is 18.9 Å². The molecule has 0 bridgehead atoms. The second-order valence-corrected chi connectivity index (χ2v) is 7.14. The summed E-state index contributed by atoms with van der Waals surface area (Å²) in [7, 11) is 0. The standard InChI is InChI=1S/2C10H16O2.C2H2/c2*1-4-10(2,3)12-9-7-5-6-8-11-9;1-2/h2*1,9H,5-8H2,2-3H3;1-2H. The molecule has 2 saturated heterocycles. The Morgan fingerprint density at radius 2 is 1.08 bits per heavy atom. The van der Waals surface area contributed by atoms with Crippen molar-refractivity contribution < 1.29 is 18.9 Å². The van der Waals surface area contributed by atoms with Crippen LogP contribution in [0.1, 0.15) is 66.2 Å². The molecule has 0 aromatic rings. The molecule has 146 valence electrons. The summed E-state index contributed by atoms with van der Waals surface area (Å²) in [4.78, 5) is 0. The van der Waals surface area contributed by atoms with Gasteiger partial charge in [0.2, 0.25) is 0 Å². The van der Waals surface area contributed by atoms with Crippen LogP contribution in [0, 0.1) is 37.5 Å². The summed E-state index contributed by atoms with van der Waals surface area (Å²) in [6.07, 6.45) is 24.9. The van der Waals surface area contributed by atoms with Gasteiger partial charge in [0.05, 0.1) is 0 Å². The fraction of sp³-hybridized carbons (Fsp3) is 0.727. The van der Waals surface area contributed by atoms with Crippen molar-refractivity contribution in [1.29, 1.82) is 0 Å². The molecule has 2 atom stereocenters. The van der Waals surface area contributed by atoms with Gasteiger partial charge in [0.25, 0.3) is 0 Å². The summed E-state index contributed by atoms with van der Waals surface area (Å²) < 4.78 is 21.9. The van der Waals surface area contributed by atoms with Crippen LogP contribution in [0.3, 0.4) is 0 Å². The number of rotatable bonds is 4. The van der Waals surface area contributed by atoms with E-state index in [9.17, 15) is 0 Å². The van der Waals surface area contributed by atoms with Crippen LogP contribution in [0.15, 0.2) is 0 Å². The summed E-state index contributed by atoms with van der Waals surface area (Å²) in [5, 5.41) is 0. The molecule has 2 aliphatic rings. The molecule has 2 rings (SSSR count). The maximum Gasteiger partial charge on any atom is 0.159 e. The molecule has 2 unspecified atom stereocenters. The van der Waals surface area contributed by atoms with E-state index >= 15 is 0 Å². The summed E-state index contributed by atoms with van der Waals surface area (Å²) in [5.74, 6) is 5.17. The highest BCUT2D eigenvalue weighted by Gasteiger charge is 2.24. The van der Waals surface area contributed by atoms with Gasteiger partial charge in [0.1, 0.15) is 11.2 Å². The van der Waals surface area contributed by atoms with Crippen LogP contribution in [-0.4, -0.2) is 37.0 Å². The lowest BCUT2D eigenvalue weighted by Crippen LogP contribution is -2.32. The van der Waals surface area contributed by atoms with E-state index in [0.717, 1.165) is 38.9 Å². The van der Waals surface area contributed by atoms with Crippen molar-refractivity contribution in [2.75, 3.05) is 13.2 Å². The summed E-state index contributed by atoms with van der Waals surface area (Å²) >= 11 is 0. The first-order valence-electron chi connectivity index (χ1n) is 9.16. The molecule has 2 heterocycles. The van der Waals surface area contributed by atoms with Gasteiger partial charge in [-0.1, -0.05) is 11.8 Å². The van der Waals surface area contributed by atoms with E-state index in [4.69, 9.17) is 31.8 Å². The monoisotopic (exact) mass is 362 g/mol. The molecular formula is C22H34O4. The first-order chi connectivity index (χ1) is 12.3. The molecule has 0 aliphatic carbocycles. The van der Waals surface area contributed by atoms with Crippen LogP contribution in [-0.2, 0) is 18.9 Å². The predicted octanol–water partition coefficient (Wildman–Crippen LogP) is 4.13. The maximum absolute atomic E-state index is 5.57. The number of terminal acetylenes is 3. The number of hydrogen-bond acceptors (Lipinski definition) is 4. The van der Waals surface area contributed by atoms with Gasteiger partial charge in [-0.2, -0.15) is 0 Å². The van der Waals surface area contributed by atoms with Crippen LogP contribution in [0.25, 0.3) is 0 Å². The normalized spacial score (nSPS) is 23.1. The highest BCUT2D eigenvalue weighted by atomic mass is 16.7. The zero-order valence-electron chi connectivity index (χ0n) is 16.8. The Kier molecular flexibility index (Phi) is 12.1. The average molecular weight is 363 g/mol. The van der Waals surface area contributed by atoms with Crippen LogP contribution in [0.4, 0.5) is 0 Å². The van der Waals surface area contributed by atoms with E-state index in [-0.39, 0.29) is 12.6 Å². The Hall–Kier alpha value is -1.48. The highest BCUT2D eigenvalue weighted by Crippen LogP contribution is 2.20. The van der Waals surface area contributed by atoms with Gasteiger partial charge in [-0.25, -0.2) is 0 Å². The molecule has 0 aromatic heterocycles. The zero-order valence-corrected chi connectivity index (χ0v) is 16.8. The van der Waals surface area contributed by atoms with Gasteiger partial charge in [0, 0.05) is 13.2 Å². The first kappa shape index (κ1) is 24.5. The molecule has 0 saturated carbocycles. The van der Waals surface area contributed by atoms with Crippen LogP contribution in [0.5, 0.6) is 0 Å². The van der Waals surface area contributed by atoms with Crippen LogP contribution < -0.4 is 0 Å². The molecule has 0 aromatic carbocycles. The lowest BCUT2D eigenvalue weighted by Gasteiger charge is -2.29. The SMILES string of the molecule is C#C.C#CC(C)(C)OC1CCCCO1.C#CC(C)(C)OC1CCCCO1. The van der Waals surface area contributed by atoms with Crippen molar-refractivity contribution >= 4 is 0 Å². The van der Waals surface area contributed by atoms with E-state index in [2.05, 4.69) is 24.7 Å². The maximum atomic E-state index is 5.57. The average Bonchev–Trinajstić information content (AvgIpc) is 2.65. The van der Waals surface area contributed by atoms with Gasteiger partial charge in [-0.3, -0.25) is 0 Å². The minimum atomic E-state index is -0.498. The Bertz CT molecular complexity index is 425. The molecule has 0 spiro atoms. The van der Waals surface area contributed by atoms with Gasteiger partial charge in [-0.05, 0) is 66.2 Å². The lowest BCUT2D eigenvalue weighted by atomic mass is 10.1. The van der Waals surface area contributed by atoms with E-state index in [1.165, 1.54) is 12.8 Å². The highest BCUT2D eigenvalue weighted by molar-refractivity contribution is 5.03. The molecule has 0 N–H and O–H groups in total. The minimum Gasteiger partial charge on any atom is -0.353 e. The summed E-state index contributed by atoms with van der Waals surface area (Å²) in [5.41, 5.74) is -0.996. The van der Waals surface area contributed by atoms with Crippen molar-refractivity contribution in [2.45, 2.75) is 90.0 Å². The first-order valence-corrected chi connectivity index (χ1v) is 9.16. The Morgan fingerprint density at radius 1 is 0.731 bits per heavy atom. The van der Waals surface area contributed by atoms with Crippen LogP contribution >= 0.6 is 0 Å². The fourth-order valence-electron chi connectivity index (χ4n) is 2.33.